The third kappa shape index (κ3) is 11.8. The van der Waals surface area contributed by atoms with E-state index in [9.17, 15) is 9.59 Å². The van der Waals surface area contributed by atoms with E-state index in [1.807, 2.05) is 6.92 Å². The smallest absolute Gasteiger partial charge is 0.338 e. The highest BCUT2D eigenvalue weighted by Crippen LogP contribution is 2.14. The van der Waals surface area contributed by atoms with Crippen molar-refractivity contribution in [1.82, 2.24) is 0 Å². The van der Waals surface area contributed by atoms with Crippen molar-refractivity contribution in [2.75, 3.05) is 11.9 Å². The number of ether oxygens (including phenoxy) is 1. The van der Waals surface area contributed by atoms with Gasteiger partial charge in [0.15, 0.2) is 0 Å². The van der Waals surface area contributed by atoms with Gasteiger partial charge in [-0.05, 0) is 37.1 Å². The van der Waals surface area contributed by atoms with Crippen LogP contribution >= 0.6 is 0 Å². The van der Waals surface area contributed by atoms with Crippen LogP contribution in [0.25, 0.3) is 0 Å². The van der Waals surface area contributed by atoms with Crippen LogP contribution < -0.4 is 5.32 Å². The van der Waals surface area contributed by atoms with Crippen molar-refractivity contribution in [3.8, 4) is 0 Å². The molecule has 0 heterocycles. The molecular weight excluding hydrogens is 350 g/mol. The van der Waals surface area contributed by atoms with Gasteiger partial charge in [-0.1, -0.05) is 78.1 Å². The van der Waals surface area contributed by atoms with Gasteiger partial charge in [0.2, 0.25) is 5.91 Å². The van der Waals surface area contributed by atoms with E-state index in [-0.39, 0.29) is 11.9 Å². The van der Waals surface area contributed by atoms with Crippen LogP contribution in [0.3, 0.4) is 0 Å². The van der Waals surface area contributed by atoms with Crippen LogP contribution in [0.2, 0.25) is 0 Å². The van der Waals surface area contributed by atoms with Gasteiger partial charge in [-0.25, -0.2) is 4.79 Å². The number of anilines is 1. The number of esters is 1. The Hall–Kier alpha value is -1.84. The zero-order chi connectivity index (χ0) is 20.5. The molecule has 0 saturated heterocycles. The second-order valence-electron chi connectivity index (χ2n) is 7.55. The Kier molecular flexibility index (Phi) is 14.0. The highest BCUT2D eigenvalue weighted by Gasteiger charge is 2.07. The van der Waals surface area contributed by atoms with E-state index in [1.54, 1.807) is 24.3 Å². The predicted molar refractivity (Wildman–Crippen MR) is 117 cm³/mol. The molecule has 0 bridgehead atoms. The quantitative estimate of drug-likeness (QED) is 0.247. The van der Waals surface area contributed by atoms with Crippen LogP contribution in [0.4, 0.5) is 5.69 Å². The minimum Gasteiger partial charge on any atom is -0.462 e. The highest BCUT2D eigenvalue weighted by atomic mass is 16.5. The summed E-state index contributed by atoms with van der Waals surface area (Å²) in [6, 6.07) is 6.88. The van der Waals surface area contributed by atoms with E-state index in [2.05, 4.69) is 12.2 Å². The zero-order valence-electron chi connectivity index (χ0n) is 17.9. The molecule has 158 valence electrons. The topological polar surface area (TPSA) is 55.4 Å². The van der Waals surface area contributed by atoms with Crippen LogP contribution in [0.5, 0.6) is 0 Å². The molecule has 0 atom stereocenters. The molecule has 0 aliphatic heterocycles. The Morgan fingerprint density at radius 1 is 0.750 bits per heavy atom. The lowest BCUT2D eigenvalue weighted by Gasteiger charge is -2.07. The Balaban J connectivity index is 2.06. The van der Waals surface area contributed by atoms with Gasteiger partial charge in [-0.3, -0.25) is 4.79 Å². The molecule has 1 N–H and O–H groups in total. The molecule has 1 aromatic carbocycles. The number of amides is 1. The van der Waals surface area contributed by atoms with Crippen LogP contribution in [0.1, 0.15) is 108 Å². The summed E-state index contributed by atoms with van der Waals surface area (Å²) < 4.78 is 5.09. The minimum absolute atomic E-state index is 0.0391. The first-order valence-corrected chi connectivity index (χ1v) is 11.2. The van der Waals surface area contributed by atoms with Crippen molar-refractivity contribution in [3.63, 3.8) is 0 Å². The summed E-state index contributed by atoms with van der Waals surface area (Å²) in [4.78, 5) is 23.8. The monoisotopic (exact) mass is 389 g/mol. The van der Waals surface area contributed by atoms with Crippen LogP contribution in [0, 0.1) is 0 Å². The number of hydrogen-bond acceptors (Lipinski definition) is 3. The number of benzene rings is 1. The van der Waals surface area contributed by atoms with Gasteiger partial charge >= 0.3 is 5.97 Å². The van der Waals surface area contributed by atoms with Gasteiger partial charge in [-0.2, -0.15) is 0 Å². The van der Waals surface area contributed by atoms with E-state index < -0.39 is 0 Å². The average Bonchev–Trinajstić information content (AvgIpc) is 2.70. The van der Waals surface area contributed by atoms with Gasteiger partial charge in [0.25, 0.3) is 0 Å². The van der Waals surface area contributed by atoms with Crippen molar-refractivity contribution in [3.05, 3.63) is 29.8 Å². The fourth-order valence-electron chi connectivity index (χ4n) is 3.14. The number of carbonyl (C=O) groups is 2. The first kappa shape index (κ1) is 24.2. The number of unbranched alkanes of at least 4 members (excludes halogenated alkanes) is 10. The van der Waals surface area contributed by atoms with Gasteiger partial charge in [0.1, 0.15) is 0 Å². The fourth-order valence-corrected chi connectivity index (χ4v) is 3.14. The van der Waals surface area contributed by atoms with Crippen molar-refractivity contribution < 1.29 is 14.3 Å². The molecule has 1 aromatic rings. The summed E-state index contributed by atoms with van der Waals surface area (Å²) in [5.74, 6) is -0.280. The lowest BCUT2D eigenvalue weighted by Crippen LogP contribution is -2.11. The Bertz CT molecular complexity index is 539. The first-order chi connectivity index (χ1) is 13.7. The summed E-state index contributed by atoms with van der Waals surface area (Å²) in [6.45, 7) is 4.64. The third-order valence-electron chi connectivity index (χ3n) is 4.85. The zero-order valence-corrected chi connectivity index (χ0v) is 17.9. The standard InChI is InChI=1S/C24H39NO3/c1-3-5-6-7-8-9-10-11-12-13-14-15-23(26)25-22-18-16-21(17-19-22)24(27)28-20-4-2/h16-19H,3-15,20H2,1-2H3,(H,25,26). The van der Waals surface area contributed by atoms with Gasteiger partial charge in [-0.15, -0.1) is 0 Å². The van der Waals surface area contributed by atoms with E-state index in [4.69, 9.17) is 4.74 Å². The summed E-state index contributed by atoms with van der Waals surface area (Å²) in [5, 5.41) is 2.90. The van der Waals surface area contributed by atoms with Crippen LogP contribution in [0.15, 0.2) is 24.3 Å². The molecule has 4 heteroatoms. The van der Waals surface area contributed by atoms with Crippen molar-refractivity contribution >= 4 is 17.6 Å². The van der Waals surface area contributed by atoms with E-state index >= 15 is 0 Å². The van der Waals surface area contributed by atoms with E-state index in [0.29, 0.717) is 18.6 Å². The maximum atomic E-state index is 12.0. The molecule has 1 amide bonds. The molecule has 0 aliphatic carbocycles. The summed E-state index contributed by atoms with van der Waals surface area (Å²) in [6.07, 6.45) is 15.4. The summed E-state index contributed by atoms with van der Waals surface area (Å²) in [7, 11) is 0. The molecule has 0 unspecified atom stereocenters. The Labute approximate surface area is 171 Å². The van der Waals surface area contributed by atoms with Crippen LogP contribution in [-0.2, 0) is 9.53 Å². The molecule has 4 nitrogen and oxygen atoms in total. The van der Waals surface area contributed by atoms with Gasteiger partial charge in [0, 0.05) is 12.1 Å². The molecule has 1 rings (SSSR count). The number of carbonyl (C=O) groups excluding carboxylic acids is 2. The largest absolute Gasteiger partial charge is 0.462 e. The Morgan fingerprint density at radius 3 is 1.82 bits per heavy atom. The molecule has 0 radical (unpaired) electrons. The molecule has 0 fully saturated rings. The highest BCUT2D eigenvalue weighted by molar-refractivity contribution is 5.93. The molecular formula is C24H39NO3. The minimum atomic E-state index is -0.319. The number of rotatable bonds is 16. The first-order valence-electron chi connectivity index (χ1n) is 11.2. The van der Waals surface area contributed by atoms with Crippen molar-refractivity contribution in [2.45, 2.75) is 97.3 Å². The average molecular weight is 390 g/mol. The van der Waals surface area contributed by atoms with Crippen molar-refractivity contribution in [2.24, 2.45) is 0 Å². The van der Waals surface area contributed by atoms with Gasteiger partial charge in [0.05, 0.1) is 12.2 Å². The van der Waals surface area contributed by atoms with E-state index in [0.717, 1.165) is 24.9 Å². The number of nitrogens with one attached hydrogen (secondary N) is 1. The summed E-state index contributed by atoms with van der Waals surface area (Å²) in [5.41, 5.74) is 1.23. The van der Waals surface area contributed by atoms with Crippen molar-refractivity contribution in [1.29, 1.82) is 0 Å². The number of hydrogen-bond donors (Lipinski definition) is 1. The lowest BCUT2D eigenvalue weighted by atomic mass is 10.1. The molecule has 0 aromatic heterocycles. The SMILES string of the molecule is CCCCCCCCCCCCCC(=O)Nc1ccc(C(=O)OCCC)cc1. The lowest BCUT2D eigenvalue weighted by molar-refractivity contribution is -0.116. The second kappa shape index (κ2) is 16.1. The predicted octanol–water partition coefficient (Wildman–Crippen LogP) is 6.89. The molecule has 0 aliphatic rings. The van der Waals surface area contributed by atoms with E-state index in [1.165, 1.54) is 57.8 Å². The Morgan fingerprint density at radius 2 is 1.29 bits per heavy atom. The third-order valence-corrected chi connectivity index (χ3v) is 4.85. The molecule has 0 spiro atoms. The molecule has 28 heavy (non-hydrogen) atoms. The van der Waals surface area contributed by atoms with Crippen LogP contribution in [-0.4, -0.2) is 18.5 Å². The molecule has 0 saturated carbocycles. The van der Waals surface area contributed by atoms with Gasteiger partial charge < -0.3 is 10.1 Å². The fraction of sp³-hybridized carbons (Fsp3) is 0.667. The summed E-state index contributed by atoms with van der Waals surface area (Å²) >= 11 is 0. The maximum Gasteiger partial charge on any atom is 0.338 e. The second-order valence-corrected chi connectivity index (χ2v) is 7.55. The maximum absolute atomic E-state index is 12.0. The normalized spacial score (nSPS) is 10.6.